The Morgan fingerprint density at radius 1 is 1.35 bits per heavy atom. The first kappa shape index (κ1) is 15.6. The number of hydrogen-bond acceptors (Lipinski definition) is 5. The highest BCUT2D eigenvalue weighted by atomic mass is 16.6. The van der Waals surface area contributed by atoms with Gasteiger partial charge in [-0.15, -0.1) is 0 Å². The van der Waals surface area contributed by atoms with E-state index in [1.165, 1.54) is 12.1 Å². The van der Waals surface area contributed by atoms with E-state index in [1.54, 1.807) is 13.8 Å². The highest BCUT2D eigenvalue weighted by molar-refractivity contribution is 6.00. The molecule has 1 rings (SSSR count). The van der Waals surface area contributed by atoms with Crippen LogP contribution in [-0.4, -0.2) is 28.1 Å². The Kier molecular flexibility index (Phi) is 5.19. The maximum absolute atomic E-state index is 11.8. The Morgan fingerprint density at radius 3 is 2.30 bits per heavy atom. The van der Waals surface area contributed by atoms with Crippen LogP contribution < -0.4 is 0 Å². The van der Waals surface area contributed by atoms with Crippen LogP contribution in [0.3, 0.4) is 0 Å². The molecular weight excluding hydrogens is 266 g/mol. The zero-order valence-corrected chi connectivity index (χ0v) is 11.1. The minimum atomic E-state index is -1.48. The number of hydrogen-bond donors (Lipinski definition) is 1. The van der Waals surface area contributed by atoms with Crippen LogP contribution in [0.15, 0.2) is 24.3 Å². The van der Waals surface area contributed by atoms with Gasteiger partial charge in [0, 0.05) is 12.1 Å². The van der Waals surface area contributed by atoms with Gasteiger partial charge in [-0.25, -0.2) is 0 Å². The molecule has 1 N–H and O–H groups in total. The summed E-state index contributed by atoms with van der Waals surface area (Å²) in [5.41, 5.74) is -0.0235. The summed E-state index contributed by atoms with van der Waals surface area (Å²) in [6, 6.07) is 4.80. The van der Waals surface area contributed by atoms with Crippen LogP contribution in [0.2, 0.25) is 0 Å². The van der Waals surface area contributed by atoms with E-state index < -0.39 is 22.8 Å². The van der Waals surface area contributed by atoms with Gasteiger partial charge in [-0.3, -0.25) is 19.7 Å². The van der Waals surface area contributed by atoms with E-state index >= 15 is 0 Å². The third-order valence-corrected chi connectivity index (χ3v) is 2.81. The number of nitro benzene ring substituents is 1. The second-order valence-electron chi connectivity index (χ2n) is 4.28. The molecule has 7 nitrogen and oxygen atoms in total. The summed E-state index contributed by atoms with van der Waals surface area (Å²) >= 11 is 0. The maximum atomic E-state index is 11.8. The number of nitrogens with zero attached hydrogens (tertiary/aromatic N) is 1. The number of carboxylic acids is 1. The van der Waals surface area contributed by atoms with E-state index in [1.807, 2.05) is 0 Å². The molecule has 0 spiro atoms. The van der Waals surface area contributed by atoms with Crippen molar-refractivity contribution in [3.8, 4) is 0 Å². The number of carboxylic acid groups (broad SMARTS) is 1. The first-order chi connectivity index (χ1) is 9.36. The van der Waals surface area contributed by atoms with Crippen LogP contribution >= 0.6 is 0 Å². The summed E-state index contributed by atoms with van der Waals surface area (Å²) in [6.07, 6.45) is 0.181. The molecular formula is C13H15NO6. The molecule has 0 radical (unpaired) electrons. The van der Waals surface area contributed by atoms with E-state index in [2.05, 4.69) is 0 Å². The topological polar surface area (TPSA) is 107 Å². The minimum absolute atomic E-state index is 0.149. The van der Waals surface area contributed by atoms with Gasteiger partial charge in [0.15, 0.2) is 5.92 Å². The highest BCUT2D eigenvalue weighted by Crippen LogP contribution is 2.22. The smallest absolute Gasteiger partial charge is 0.325 e. The van der Waals surface area contributed by atoms with Crippen LogP contribution in [0.5, 0.6) is 0 Å². The number of carbonyl (C=O) groups excluding carboxylic acids is 1. The van der Waals surface area contributed by atoms with Gasteiger partial charge in [0.1, 0.15) is 0 Å². The predicted octanol–water partition coefficient (Wildman–Crippen LogP) is 2.10. The molecule has 1 aromatic carbocycles. The van der Waals surface area contributed by atoms with Gasteiger partial charge in [0.05, 0.1) is 11.0 Å². The lowest BCUT2D eigenvalue weighted by Gasteiger charge is -2.16. The minimum Gasteiger partial charge on any atom is -0.480 e. The highest BCUT2D eigenvalue weighted by Gasteiger charge is 2.31. The summed E-state index contributed by atoms with van der Waals surface area (Å²) in [7, 11) is 0. The number of rotatable bonds is 6. The Bertz CT molecular complexity index is 510. The SMILES string of the molecule is CCC(C)OC(=O)C(C(=O)O)c1ccc([N+](=O)[O-])cc1. The molecule has 2 unspecified atom stereocenters. The molecule has 7 heteroatoms. The number of carbonyl (C=O) groups is 2. The molecule has 0 fully saturated rings. The normalized spacial score (nSPS) is 13.3. The van der Waals surface area contributed by atoms with Gasteiger partial charge in [-0.1, -0.05) is 19.1 Å². The number of aliphatic carboxylic acids is 1. The van der Waals surface area contributed by atoms with Gasteiger partial charge < -0.3 is 9.84 Å². The van der Waals surface area contributed by atoms with Crippen LogP contribution in [0.25, 0.3) is 0 Å². The molecule has 0 aliphatic carbocycles. The average molecular weight is 281 g/mol. The Balaban J connectivity index is 2.99. The molecule has 2 atom stereocenters. The van der Waals surface area contributed by atoms with Crippen LogP contribution in [-0.2, 0) is 14.3 Å². The Labute approximate surface area is 115 Å². The van der Waals surface area contributed by atoms with E-state index in [-0.39, 0.29) is 17.4 Å². The second-order valence-corrected chi connectivity index (χ2v) is 4.28. The molecule has 108 valence electrons. The third kappa shape index (κ3) is 3.78. The van der Waals surface area contributed by atoms with Crippen molar-refractivity contribution in [2.24, 2.45) is 0 Å². The number of esters is 1. The van der Waals surface area contributed by atoms with Crippen molar-refractivity contribution in [3.05, 3.63) is 39.9 Å². The lowest BCUT2D eigenvalue weighted by atomic mass is 9.99. The van der Waals surface area contributed by atoms with E-state index in [0.29, 0.717) is 6.42 Å². The first-order valence-corrected chi connectivity index (χ1v) is 6.04. The monoisotopic (exact) mass is 281 g/mol. The quantitative estimate of drug-likeness (QED) is 0.370. The third-order valence-electron chi connectivity index (χ3n) is 2.81. The van der Waals surface area contributed by atoms with E-state index in [4.69, 9.17) is 9.84 Å². The number of non-ortho nitro benzene ring substituents is 1. The predicted molar refractivity (Wildman–Crippen MR) is 69.3 cm³/mol. The van der Waals surface area contributed by atoms with Crippen molar-refractivity contribution < 1.29 is 24.4 Å². The molecule has 20 heavy (non-hydrogen) atoms. The van der Waals surface area contributed by atoms with Gasteiger partial charge in [0.25, 0.3) is 5.69 Å². The fourth-order valence-corrected chi connectivity index (χ4v) is 1.52. The van der Waals surface area contributed by atoms with Gasteiger partial charge >= 0.3 is 11.9 Å². The van der Waals surface area contributed by atoms with Crippen molar-refractivity contribution >= 4 is 17.6 Å². The summed E-state index contributed by atoms with van der Waals surface area (Å²) in [6.45, 7) is 3.46. The summed E-state index contributed by atoms with van der Waals surface area (Å²) in [5, 5.41) is 19.7. The Morgan fingerprint density at radius 2 is 1.90 bits per heavy atom. The molecule has 0 saturated heterocycles. The lowest BCUT2D eigenvalue weighted by molar-refractivity contribution is -0.384. The first-order valence-electron chi connectivity index (χ1n) is 6.04. The zero-order chi connectivity index (χ0) is 15.3. The largest absolute Gasteiger partial charge is 0.480 e. The maximum Gasteiger partial charge on any atom is 0.325 e. The van der Waals surface area contributed by atoms with Crippen LogP contribution in [0, 0.1) is 10.1 Å². The summed E-state index contributed by atoms with van der Waals surface area (Å²) in [4.78, 5) is 33.0. The van der Waals surface area contributed by atoms with Gasteiger partial charge in [0.2, 0.25) is 0 Å². The average Bonchev–Trinajstić information content (AvgIpc) is 2.38. The van der Waals surface area contributed by atoms with Crippen molar-refractivity contribution in [2.45, 2.75) is 32.3 Å². The van der Waals surface area contributed by atoms with E-state index in [0.717, 1.165) is 12.1 Å². The molecule has 0 bridgehead atoms. The number of benzene rings is 1. The van der Waals surface area contributed by atoms with Crippen molar-refractivity contribution in [1.82, 2.24) is 0 Å². The second kappa shape index (κ2) is 6.65. The van der Waals surface area contributed by atoms with E-state index in [9.17, 15) is 19.7 Å². The fourth-order valence-electron chi connectivity index (χ4n) is 1.52. The molecule has 0 aliphatic rings. The molecule has 0 heterocycles. The summed E-state index contributed by atoms with van der Waals surface area (Å²) < 4.78 is 5.00. The number of ether oxygens (including phenoxy) is 1. The Hall–Kier alpha value is -2.44. The van der Waals surface area contributed by atoms with Crippen molar-refractivity contribution in [2.75, 3.05) is 0 Å². The standard InChI is InChI=1S/C13H15NO6/c1-3-8(2)20-13(17)11(12(15)16)9-4-6-10(7-5-9)14(18)19/h4-8,11H,3H2,1-2H3,(H,15,16). The lowest BCUT2D eigenvalue weighted by Crippen LogP contribution is -2.26. The van der Waals surface area contributed by atoms with Gasteiger partial charge in [-0.2, -0.15) is 0 Å². The van der Waals surface area contributed by atoms with Crippen molar-refractivity contribution in [1.29, 1.82) is 0 Å². The zero-order valence-electron chi connectivity index (χ0n) is 11.1. The molecule has 1 aromatic rings. The van der Waals surface area contributed by atoms with Gasteiger partial charge in [-0.05, 0) is 18.9 Å². The fraction of sp³-hybridized carbons (Fsp3) is 0.385. The summed E-state index contributed by atoms with van der Waals surface area (Å²) in [5.74, 6) is -3.71. The molecule has 0 aromatic heterocycles. The molecule has 0 saturated carbocycles. The molecule has 0 aliphatic heterocycles. The van der Waals surface area contributed by atoms with Crippen molar-refractivity contribution in [3.63, 3.8) is 0 Å². The van der Waals surface area contributed by atoms with Crippen LogP contribution in [0.4, 0.5) is 5.69 Å². The molecule has 0 amide bonds. The van der Waals surface area contributed by atoms with Crippen LogP contribution in [0.1, 0.15) is 31.7 Å². The number of nitro groups is 1.